The maximum atomic E-state index is 5.50. The minimum atomic E-state index is 0.329. The molecule has 7 heteroatoms. The van der Waals surface area contributed by atoms with Gasteiger partial charge in [0.05, 0.1) is 12.1 Å². The zero-order valence-corrected chi connectivity index (χ0v) is 13.9. The van der Waals surface area contributed by atoms with E-state index < -0.39 is 0 Å². The lowest BCUT2D eigenvalue weighted by Crippen LogP contribution is -2.20. The number of thioether (sulfide) groups is 1. The van der Waals surface area contributed by atoms with Crippen molar-refractivity contribution in [1.29, 1.82) is 0 Å². The van der Waals surface area contributed by atoms with E-state index in [9.17, 15) is 0 Å². The molecule has 0 unspecified atom stereocenters. The van der Waals surface area contributed by atoms with Gasteiger partial charge in [-0.3, -0.25) is 0 Å². The highest BCUT2D eigenvalue weighted by Crippen LogP contribution is 2.31. The lowest BCUT2D eigenvalue weighted by molar-refractivity contribution is 0.0772. The van der Waals surface area contributed by atoms with Gasteiger partial charge in [-0.25, -0.2) is 4.68 Å². The van der Waals surface area contributed by atoms with Gasteiger partial charge in [0.1, 0.15) is 0 Å². The van der Waals surface area contributed by atoms with Crippen LogP contribution in [0, 0.1) is 0 Å². The van der Waals surface area contributed by atoms with Gasteiger partial charge in [-0.15, -0.1) is 5.10 Å². The summed E-state index contributed by atoms with van der Waals surface area (Å²) in [5.41, 5.74) is 0. The topological polar surface area (TPSA) is 64.9 Å². The van der Waals surface area contributed by atoms with Crippen LogP contribution >= 0.6 is 11.8 Å². The highest BCUT2D eigenvalue weighted by Gasteiger charge is 2.21. The predicted molar refractivity (Wildman–Crippen MR) is 84.6 cm³/mol. The van der Waals surface area contributed by atoms with Crippen LogP contribution in [-0.2, 0) is 4.74 Å². The van der Waals surface area contributed by atoms with Gasteiger partial charge in [0.25, 0.3) is 0 Å². The van der Waals surface area contributed by atoms with E-state index in [1.54, 1.807) is 11.8 Å². The summed E-state index contributed by atoms with van der Waals surface area (Å²) in [7, 11) is 0. The van der Waals surface area contributed by atoms with Crippen LogP contribution in [0.4, 0.5) is 0 Å². The molecule has 1 aliphatic rings. The van der Waals surface area contributed by atoms with Gasteiger partial charge in [0, 0.05) is 18.9 Å². The molecule has 0 aliphatic heterocycles. The summed E-state index contributed by atoms with van der Waals surface area (Å²) in [4.78, 5) is 0. The third kappa shape index (κ3) is 5.92. The molecule has 0 bridgehead atoms. The second-order valence-corrected chi connectivity index (χ2v) is 6.78. The molecule has 2 rings (SSSR count). The van der Waals surface area contributed by atoms with Crippen molar-refractivity contribution in [1.82, 2.24) is 25.5 Å². The maximum Gasteiger partial charge on any atom is 0.209 e. The molecule has 1 heterocycles. The summed E-state index contributed by atoms with van der Waals surface area (Å²) >= 11 is 1.74. The number of rotatable bonds is 10. The Hall–Kier alpha value is -0.660. The Balaban J connectivity index is 1.56. The molecule has 1 saturated carbocycles. The first-order valence-electron chi connectivity index (χ1n) is 8.00. The molecule has 1 N–H and O–H groups in total. The van der Waals surface area contributed by atoms with Crippen LogP contribution in [0.1, 0.15) is 52.0 Å². The number of ether oxygens (including phenoxy) is 1. The van der Waals surface area contributed by atoms with E-state index >= 15 is 0 Å². The Bertz CT molecular complexity index is 392. The van der Waals surface area contributed by atoms with Gasteiger partial charge >= 0.3 is 0 Å². The Morgan fingerprint density at radius 2 is 2.14 bits per heavy atom. The summed E-state index contributed by atoms with van der Waals surface area (Å²) in [5, 5.41) is 16.5. The molecule has 120 valence electrons. The standard InChI is InChI=1S/C14H27N5OS/c1-12(2)20-10-5-8-15-9-11-21-14-16-17-18-19(14)13-6-3-4-7-13/h12-13,15H,3-11H2,1-2H3. The van der Waals surface area contributed by atoms with Crippen LogP contribution < -0.4 is 5.32 Å². The van der Waals surface area contributed by atoms with E-state index in [2.05, 4.69) is 34.7 Å². The second-order valence-electron chi connectivity index (χ2n) is 5.72. The third-order valence-electron chi connectivity index (χ3n) is 3.59. The number of tetrazole rings is 1. The fourth-order valence-corrected chi connectivity index (χ4v) is 3.36. The molecule has 0 aromatic carbocycles. The van der Waals surface area contributed by atoms with Crippen molar-refractivity contribution in [2.45, 2.75) is 63.3 Å². The molecular formula is C14H27N5OS. The van der Waals surface area contributed by atoms with Crippen LogP contribution in [0.5, 0.6) is 0 Å². The number of hydrogen-bond acceptors (Lipinski definition) is 6. The van der Waals surface area contributed by atoms with Gasteiger partial charge in [0.2, 0.25) is 5.16 Å². The second kappa shape index (κ2) is 9.38. The quantitative estimate of drug-likeness (QED) is 0.528. The maximum absolute atomic E-state index is 5.50. The van der Waals surface area contributed by atoms with Crippen LogP contribution in [0.25, 0.3) is 0 Å². The SMILES string of the molecule is CC(C)OCCCNCCSc1nnnn1C1CCCC1. The van der Waals surface area contributed by atoms with Crippen molar-refractivity contribution >= 4 is 11.8 Å². The van der Waals surface area contributed by atoms with E-state index in [1.165, 1.54) is 25.7 Å². The molecule has 6 nitrogen and oxygen atoms in total. The van der Waals surface area contributed by atoms with Gasteiger partial charge in [-0.2, -0.15) is 0 Å². The zero-order chi connectivity index (χ0) is 14.9. The zero-order valence-electron chi connectivity index (χ0n) is 13.1. The van der Waals surface area contributed by atoms with Crippen LogP contribution in [0.2, 0.25) is 0 Å². The number of nitrogens with zero attached hydrogens (tertiary/aromatic N) is 4. The summed E-state index contributed by atoms with van der Waals surface area (Å²) in [6, 6.07) is 0.517. The molecule has 0 saturated heterocycles. The van der Waals surface area contributed by atoms with Crippen molar-refractivity contribution in [2.75, 3.05) is 25.4 Å². The van der Waals surface area contributed by atoms with Crippen molar-refractivity contribution in [3.8, 4) is 0 Å². The molecule has 21 heavy (non-hydrogen) atoms. The molecule has 1 aliphatic carbocycles. The molecule has 0 spiro atoms. The lowest BCUT2D eigenvalue weighted by Gasteiger charge is -2.11. The minimum absolute atomic E-state index is 0.329. The van der Waals surface area contributed by atoms with E-state index in [1.807, 2.05) is 4.68 Å². The Morgan fingerprint density at radius 1 is 1.33 bits per heavy atom. The van der Waals surface area contributed by atoms with Gasteiger partial charge < -0.3 is 10.1 Å². The summed E-state index contributed by atoms with van der Waals surface area (Å²) < 4.78 is 7.53. The van der Waals surface area contributed by atoms with E-state index in [0.717, 1.165) is 37.0 Å². The molecule has 0 atom stereocenters. The monoisotopic (exact) mass is 313 g/mol. The number of aromatic nitrogens is 4. The fourth-order valence-electron chi connectivity index (χ4n) is 2.51. The normalized spacial score (nSPS) is 16.1. The Morgan fingerprint density at radius 3 is 2.90 bits per heavy atom. The van der Waals surface area contributed by atoms with Gasteiger partial charge in [0.15, 0.2) is 0 Å². The first-order chi connectivity index (χ1) is 10.3. The van der Waals surface area contributed by atoms with Crippen molar-refractivity contribution in [3.05, 3.63) is 0 Å². The predicted octanol–water partition coefficient (Wildman–Crippen LogP) is 2.28. The average molecular weight is 313 g/mol. The molecule has 1 aromatic rings. The third-order valence-corrected chi connectivity index (χ3v) is 4.53. The molecular weight excluding hydrogens is 286 g/mol. The molecule has 1 aromatic heterocycles. The smallest absolute Gasteiger partial charge is 0.209 e. The van der Waals surface area contributed by atoms with Gasteiger partial charge in [-0.1, -0.05) is 24.6 Å². The van der Waals surface area contributed by atoms with Crippen molar-refractivity contribution in [3.63, 3.8) is 0 Å². The van der Waals surface area contributed by atoms with Crippen LogP contribution in [0.3, 0.4) is 0 Å². The highest BCUT2D eigenvalue weighted by atomic mass is 32.2. The summed E-state index contributed by atoms with van der Waals surface area (Å²) in [6.45, 7) is 6.94. The number of nitrogens with one attached hydrogen (secondary N) is 1. The summed E-state index contributed by atoms with van der Waals surface area (Å²) in [5.74, 6) is 0.998. The van der Waals surface area contributed by atoms with E-state index in [0.29, 0.717) is 12.1 Å². The molecule has 0 radical (unpaired) electrons. The van der Waals surface area contributed by atoms with Crippen LogP contribution in [0.15, 0.2) is 5.16 Å². The van der Waals surface area contributed by atoms with E-state index in [4.69, 9.17) is 4.74 Å². The first kappa shape index (κ1) is 16.7. The Kier molecular flexibility index (Phi) is 7.46. The number of hydrogen-bond donors (Lipinski definition) is 1. The van der Waals surface area contributed by atoms with Crippen molar-refractivity contribution < 1.29 is 4.74 Å². The Labute approximate surface area is 131 Å². The van der Waals surface area contributed by atoms with Crippen molar-refractivity contribution in [2.24, 2.45) is 0 Å². The van der Waals surface area contributed by atoms with Gasteiger partial charge in [-0.05, 0) is 50.1 Å². The van der Waals surface area contributed by atoms with Crippen LogP contribution in [-0.4, -0.2) is 51.8 Å². The minimum Gasteiger partial charge on any atom is -0.379 e. The first-order valence-corrected chi connectivity index (χ1v) is 8.99. The molecule has 0 amide bonds. The largest absolute Gasteiger partial charge is 0.379 e. The molecule has 1 fully saturated rings. The summed E-state index contributed by atoms with van der Waals surface area (Å²) in [6.07, 6.45) is 6.42. The highest BCUT2D eigenvalue weighted by molar-refractivity contribution is 7.99. The average Bonchev–Trinajstić information content (AvgIpc) is 3.11. The lowest BCUT2D eigenvalue weighted by atomic mass is 10.3. The van der Waals surface area contributed by atoms with E-state index in [-0.39, 0.29) is 0 Å². The fraction of sp³-hybridized carbons (Fsp3) is 0.929.